The summed E-state index contributed by atoms with van der Waals surface area (Å²) in [5.74, 6) is 0.639. The molecule has 0 N–H and O–H groups in total. The molecule has 0 atom stereocenters. The molecule has 1 fully saturated rings. The van der Waals surface area contributed by atoms with Crippen molar-refractivity contribution in [2.45, 2.75) is 31.3 Å². The Morgan fingerprint density at radius 2 is 1.75 bits per heavy atom. The van der Waals surface area contributed by atoms with Crippen LogP contribution in [-0.2, 0) is 21.3 Å². The third-order valence-corrected chi connectivity index (χ3v) is 6.21. The average Bonchev–Trinajstić information content (AvgIpc) is 3.10. The van der Waals surface area contributed by atoms with E-state index in [-0.39, 0.29) is 18.5 Å². The van der Waals surface area contributed by atoms with Gasteiger partial charge in [-0.2, -0.15) is 0 Å². The fourth-order valence-electron chi connectivity index (χ4n) is 4.22. The van der Waals surface area contributed by atoms with Crippen LogP contribution >= 0.6 is 0 Å². The lowest BCUT2D eigenvalue weighted by atomic mass is 9.92. The maximum atomic E-state index is 6.00. The Morgan fingerprint density at radius 1 is 0.938 bits per heavy atom. The Bertz CT molecular complexity index is 1210. The predicted molar refractivity (Wildman–Crippen MR) is 123 cm³/mol. The van der Waals surface area contributed by atoms with Gasteiger partial charge in [-0.25, -0.2) is 4.98 Å². The van der Waals surface area contributed by atoms with Crippen molar-refractivity contribution in [3.63, 3.8) is 0 Å². The molecule has 5 rings (SSSR count). The Morgan fingerprint density at radius 3 is 2.50 bits per heavy atom. The zero-order valence-corrected chi connectivity index (χ0v) is 18.5. The van der Waals surface area contributed by atoms with Crippen molar-refractivity contribution < 1.29 is 18.9 Å². The molecule has 0 spiro atoms. The number of ether oxygens (including phenoxy) is 4. The van der Waals surface area contributed by atoms with Crippen LogP contribution in [-0.4, -0.2) is 53.9 Å². The highest BCUT2D eigenvalue weighted by Gasteiger charge is 2.32. The van der Waals surface area contributed by atoms with Gasteiger partial charge in [0.15, 0.2) is 6.29 Å². The highest BCUT2D eigenvalue weighted by atomic mass is 16.7. The number of methoxy groups -OCH3 is 2. The van der Waals surface area contributed by atoms with E-state index in [0.29, 0.717) is 12.5 Å². The number of hydrogen-bond donors (Lipinski definition) is 0. The molecule has 3 aromatic heterocycles. The number of nitrogens with zero attached hydrogens (tertiary/aromatic N) is 3. The molecule has 1 aromatic carbocycles. The van der Waals surface area contributed by atoms with Crippen LogP contribution in [0, 0.1) is 0 Å². The summed E-state index contributed by atoms with van der Waals surface area (Å²) in [7, 11) is 5.30. The van der Waals surface area contributed by atoms with Crippen LogP contribution < -0.4 is 4.74 Å². The third kappa shape index (κ3) is 3.95. The van der Waals surface area contributed by atoms with E-state index in [1.54, 1.807) is 14.2 Å². The first kappa shape index (κ1) is 20.9. The van der Waals surface area contributed by atoms with Crippen molar-refractivity contribution in [3.8, 4) is 17.0 Å². The molecule has 3 heterocycles. The van der Waals surface area contributed by atoms with Gasteiger partial charge in [0.1, 0.15) is 6.10 Å². The number of hydrogen-bond acceptors (Lipinski definition) is 6. The third-order valence-electron chi connectivity index (χ3n) is 6.21. The van der Waals surface area contributed by atoms with E-state index in [1.165, 1.54) is 21.8 Å². The highest BCUT2D eigenvalue weighted by molar-refractivity contribution is 6.08. The molecule has 1 aliphatic carbocycles. The van der Waals surface area contributed by atoms with Crippen molar-refractivity contribution in [1.82, 2.24) is 14.5 Å². The number of rotatable bonds is 8. The zero-order chi connectivity index (χ0) is 22.1. The van der Waals surface area contributed by atoms with Gasteiger partial charge in [0.2, 0.25) is 5.88 Å². The standard InChI is InChI=1S/C25H27N3O4/c1-28-22-8-9-26-14-21(22)20-6-4-16(10-23(20)28)17-5-7-24(27-13-17)32-19-11-18(12-19)31-15-25(29-2)30-3/h4-10,13-14,18-19,25H,11-12,15H2,1-3H3. The Hall–Kier alpha value is -3.00. The molecular formula is C25H27N3O4. The smallest absolute Gasteiger partial charge is 0.213 e. The molecule has 1 aliphatic rings. The van der Waals surface area contributed by atoms with E-state index in [2.05, 4.69) is 45.8 Å². The Kier molecular flexibility index (Phi) is 5.78. The summed E-state index contributed by atoms with van der Waals surface area (Å²) < 4.78 is 24.3. The zero-order valence-electron chi connectivity index (χ0n) is 18.5. The lowest BCUT2D eigenvalue weighted by Gasteiger charge is -2.35. The van der Waals surface area contributed by atoms with E-state index in [4.69, 9.17) is 18.9 Å². The molecule has 0 unspecified atom stereocenters. The lowest BCUT2D eigenvalue weighted by Crippen LogP contribution is -2.41. The summed E-state index contributed by atoms with van der Waals surface area (Å²) >= 11 is 0. The lowest BCUT2D eigenvalue weighted by molar-refractivity contribution is -0.168. The van der Waals surface area contributed by atoms with Gasteiger partial charge in [0.05, 0.1) is 18.2 Å². The van der Waals surface area contributed by atoms with Crippen LogP contribution in [0.3, 0.4) is 0 Å². The maximum absolute atomic E-state index is 6.00. The van der Waals surface area contributed by atoms with Crippen LogP contribution in [0.2, 0.25) is 0 Å². The predicted octanol–water partition coefficient (Wildman–Crippen LogP) is 4.33. The summed E-state index contributed by atoms with van der Waals surface area (Å²) in [6, 6.07) is 12.5. The summed E-state index contributed by atoms with van der Waals surface area (Å²) in [6.07, 6.45) is 7.29. The molecule has 0 aliphatic heterocycles. The van der Waals surface area contributed by atoms with Crippen LogP contribution in [0.5, 0.6) is 5.88 Å². The van der Waals surface area contributed by atoms with Gasteiger partial charge in [-0.15, -0.1) is 0 Å². The summed E-state index contributed by atoms with van der Waals surface area (Å²) in [5, 5.41) is 2.37. The minimum atomic E-state index is -0.325. The van der Waals surface area contributed by atoms with Crippen LogP contribution in [0.4, 0.5) is 0 Å². The van der Waals surface area contributed by atoms with Gasteiger partial charge >= 0.3 is 0 Å². The molecule has 166 valence electrons. The van der Waals surface area contributed by atoms with E-state index >= 15 is 0 Å². The molecular weight excluding hydrogens is 406 g/mol. The number of benzene rings is 1. The Balaban J connectivity index is 1.23. The van der Waals surface area contributed by atoms with Gasteiger partial charge in [0, 0.05) is 80.6 Å². The second-order valence-electron chi connectivity index (χ2n) is 8.14. The van der Waals surface area contributed by atoms with Gasteiger partial charge < -0.3 is 23.5 Å². The fourth-order valence-corrected chi connectivity index (χ4v) is 4.22. The fraction of sp³-hybridized carbons (Fsp3) is 0.360. The number of pyridine rings is 2. The molecule has 7 nitrogen and oxygen atoms in total. The molecule has 32 heavy (non-hydrogen) atoms. The maximum Gasteiger partial charge on any atom is 0.213 e. The van der Waals surface area contributed by atoms with Gasteiger partial charge in [0.25, 0.3) is 0 Å². The summed E-state index contributed by atoms with van der Waals surface area (Å²) in [5.41, 5.74) is 4.54. The summed E-state index contributed by atoms with van der Waals surface area (Å²) in [6.45, 7) is 0.425. The summed E-state index contributed by atoms with van der Waals surface area (Å²) in [4.78, 5) is 8.80. The van der Waals surface area contributed by atoms with Crippen molar-refractivity contribution in [3.05, 3.63) is 55.0 Å². The topological polar surface area (TPSA) is 67.6 Å². The molecule has 7 heteroatoms. The monoisotopic (exact) mass is 433 g/mol. The SMILES string of the molecule is COC(COC1CC(Oc2ccc(-c3ccc4c5cnccc5n(C)c4c3)cn2)C1)OC. The van der Waals surface area contributed by atoms with E-state index < -0.39 is 0 Å². The minimum absolute atomic E-state index is 0.127. The largest absolute Gasteiger partial charge is 0.474 e. The molecule has 0 saturated heterocycles. The Labute approximate surface area is 186 Å². The van der Waals surface area contributed by atoms with Crippen LogP contribution in [0.25, 0.3) is 32.9 Å². The van der Waals surface area contributed by atoms with Crippen LogP contribution in [0.1, 0.15) is 12.8 Å². The average molecular weight is 434 g/mol. The van der Waals surface area contributed by atoms with Gasteiger partial charge in [-0.1, -0.05) is 12.1 Å². The van der Waals surface area contributed by atoms with Gasteiger partial charge in [-0.05, 0) is 23.8 Å². The number of aryl methyl sites for hydroxylation is 1. The van der Waals surface area contributed by atoms with Crippen molar-refractivity contribution >= 4 is 21.8 Å². The van der Waals surface area contributed by atoms with E-state index in [1.807, 2.05) is 30.7 Å². The number of aromatic nitrogens is 3. The molecule has 0 amide bonds. The quantitative estimate of drug-likeness (QED) is 0.385. The minimum Gasteiger partial charge on any atom is -0.474 e. The van der Waals surface area contributed by atoms with Crippen molar-refractivity contribution in [2.24, 2.45) is 7.05 Å². The highest BCUT2D eigenvalue weighted by Crippen LogP contribution is 2.32. The second kappa shape index (κ2) is 8.86. The molecule has 1 saturated carbocycles. The molecule has 0 radical (unpaired) electrons. The first-order chi connectivity index (χ1) is 15.7. The first-order valence-electron chi connectivity index (χ1n) is 10.8. The van der Waals surface area contributed by atoms with Gasteiger partial charge in [-0.3, -0.25) is 4.98 Å². The van der Waals surface area contributed by atoms with E-state index in [9.17, 15) is 0 Å². The molecule has 0 bridgehead atoms. The normalized spacial score (nSPS) is 18.4. The van der Waals surface area contributed by atoms with E-state index in [0.717, 1.165) is 24.0 Å². The van der Waals surface area contributed by atoms with Crippen LogP contribution in [0.15, 0.2) is 55.0 Å². The van der Waals surface area contributed by atoms with Crippen molar-refractivity contribution in [1.29, 1.82) is 0 Å². The second-order valence-corrected chi connectivity index (χ2v) is 8.14. The number of fused-ring (bicyclic) bond motifs is 3. The molecule has 4 aromatic rings. The first-order valence-corrected chi connectivity index (χ1v) is 10.8. The van der Waals surface area contributed by atoms with Crippen molar-refractivity contribution in [2.75, 3.05) is 20.8 Å².